The number of rotatable bonds is 11. The summed E-state index contributed by atoms with van der Waals surface area (Å²) in [7, 11) is 2.48. The third-order valence-corrected chi connectivity index (χ3v) is 9.98. The van der Waals surface area contributed by atoms with Gasteiger partial charge in [0.2, 0.25) is 11.8 Å². The largest absolute Gasteiger partial charge is 0.453 e. The number of likely N-dealkylation sites (tertiary alicyclic amines) is 2. The van der Waals surface area contributed by atoms with Gasteiger partial charge in [0.05, 0.1) is 32.2 Å². The molecule has 3 unspecified atom stereocenters. The van der Waals surface area contributed by atoms with Crippen molar-refractivity contribution < 1.29 is 38.2 Å². The number of nitrogens with zero attached hydrogens (tertiary/aromatic N) is 3. The van der Waals surface area contributed by atoms with Crippen LogP contribution in [-0.2, 0) is 23.9 Å². The lowest BCUT2D eigenvalue weighted by atomic mass is 10.0. The zero-order chi connectivity index (χ0) is 39.8. The molecule has 2 aliphatic rings. The van der Waals surface area contributed by atoms with Crippen molar-refractivity contribution >= 4 is 41.6 Å². The topological polar surface area (TPSA) is 204 Å². The van der Waals surface area contributed by atoms with E-state index in [-0.39, 0.29) is 23.8 Å². The number of imidazole rings is 1. The maximum absolute atomic E-state index is 13.5. The lowest BCUT2D eigenvalue weighted by Crippen LogP contribution is -2.55. The minimum absolute atomic E-state index is 0.127. The fourth-order valence-electron chi connectivity index (χ4n) is 6.97. The predicted octanol–water partition coefficient (Wildman–Crippen LogP) is 4.81. The van der Waals surface area contributed by atoms with E-state index in [2.05, 4.69) is 36.0 Å². The number of carbonyl (C=O) groups excluding carboxylic acids is 6. The van der Waals surface area contributed by atoms with Crippen molar-refractivity contribution in [2.45, 2.75) is 77.5 Å². The van der Waals surface area contributed by atoms with E-state index in [0.29, 0.717) is 37.4 Å². The van der Waals surface area contributed by atoms with E-state index in [1.165, 1.54) is 19.1 Å². The van der Waals surface area contributed by atoms with Crippen LogP contribution in [0.3, 0.4) is 0 Å². The molecule has 55 heavy (non-hydrogen) atoms. The molecule has 7 amide bonds. The number of hydrogen-bond acceptors (Lipinski definition) is 9. The van der Waals surface area contributed by atoms with Gasteiger partial charge in [-0.15, -0.1) is 0 Å². The average molecular weight is 759 g/mol. The molecule has 3 heterocycles. The maximum Gasteiger partial charge on any atom is 0.407 e. The van der Waals surface area contributed by atoms with Gasteiger partial charge in [-0.1, -0.05) is 64.1 Å². The third-order valence-electron chi connectivity index (χ3n) is 9.98. The first-order valence-corrected chi connectivity index (χ1v) is 18.5. The summed E-state index contributed by atoms with van der Waals surface area (Å²) < 4.78 is 9.38. The van der Waals surface area contributed by atoms with Crippen LogP contribution in [0.15, 0.2) is 54.7 Å². The number of hydrogen-bond donors (Lipinski definition) is 5. The lowest BCUT2D eigenvalue weighted by molar-refractivity contribution is -0.140. The van der Waals surface area contributed by atoms with E-state index >= 15 is 0 Å². The molecule has 2 saturated heterocycles. The van der Waals surface area contributed by atoms with Crippen molar-refractivity contribution in [3.05, 3.63) is 60.6 Å². The summed E-state index contributed by atoms with van der Waals surface area (Å²) in [4.78, 5) is 87.5. The van der Waals surface area contributed by atoms with Crippen LogP contribution in [-0.4, -0.2) is 101 Å². The zero-order valence-electron chi connectivity index (χ0n) is 32.0. The highest BCUT2D eigenvalue weighted by molar-refractivity contribution is 6.04. The third kappa shape index (κ3) is 9.60. The molecule has 16 nitrogen and oxygen atoms in total. The van der Waals surface area contributed by atoms with Crippen LogP contribution in [0.2, 0.25) is 0 Å². The van der Waals surface area contributed by atoms with E-state index in [0.717, 1.165) is 35.2 Å². The Morgan fingerprint density at radius 1 is 0.727 bits per heavy atom. The van der Waals surface area contributed by atoms with Crippen LogP contribution < -0.4 is 21.3 Å². The molecule has 2 aliphatic heterocycles. The van der Waals surface area contributed by atoms with E-state index in [1.807, 2.05) is 50.2 Å². The highest BCUT2D eigenvalue weighted by Crippen LogP contribution is 2.33. The molecule has 2 fully saturated rings. The van der Waals surface area contributed by atoms with E-state index < -0.39 is 48.2 Å². The molecule has 0 spiro atoms. The Balaban J connectivity index is 1.17. The fraction of sp³-hybridized carbons (Fsp3) is 0.462. The van der Waals surface area contributed by atoms with Gasteiger partial charge in [-0.2, -0.15) is 0 Å². The van der Waals surface area contributed by atoms with Crippen LogP contribution in [0.25, 0.3) is 22.4 Å². The number of imide groups is 1. The summed E-state index contributed by atoms with van der Waals surface area (Å²) in [5.74, 6) is -0.878. The van der Waals surface area contributed by atoms with E-state index in [4.69, 9.17) is 4.74 Å². The van der Waals surface area contributed by atoms with Gasteiger partial charge in [0.15, 0.2) is 0 Å². The van der Waals surface area contributed by atoms with Gasteiger partial charge < -0.3 is 40.2 Å². The summed E-state index contributed by atoms with van der Waals surface area (Å²) in [5.41, 5.74) is 4.02. The van der Waals surface area contributed by atoms with Gasteiger partial charge >= 0.3 is 18.2 Å². The Morgan fingerprint density at radius 3 is 1.80 bits per heavy atom. The summed E-state index contributed by atoms with van der Waals surface area (Å²) in [6.45, 7) is 8.21. The number of ether oxygens (including phenoxy) is 2. The molecule has 5 rings (SSSR count). The number of nitrogens with one attached hydrogen (secondary N) is 5. The van der Waals surface area contributed by atoms with E-state index in [9.17, 15) is 28.8 Å². The van der Waals surface area contributed by atoms with Crippen LogP contribution in [0, 0.1) is 11.8 Å². The summed E-state index contributed by atoms with van der Waals surface area (Å²) in [6.07, 6.45) is 2.91. The average Bonchev–Trinajstić information content (AvgIpc) is 3.97. The van der Waals surface area contributed by atoms with Crippen LogP contribution in [0.5, 0.6) is 0 Å². The Hall–Kier alpha value is -5.93. The monoisotopic (exact) mass is 758 g/mol. The maximum atomic E-state index is 13.5. The minimum Gasteiger partial charge on any atom is -0.453 e. The second-order valence-corrected chi connectivity index (χ2v) is 14.4. The van der Waals surface area contributed by atoms with Gasteiger partial charge in [-0.25, -0.2) is 19.4 Å². The molecular formula is C39H50N8O8. The van der Waals surface area contributed by atoms with Crippen molar-refractivity contribution in [2.24, 2.45) is 11.8 Å². The lowest BCUT2D eigenvalue weighted by Gasteiger charge is -2.30. The molecular weight excluding hydrogens is 708 g/mol. The van der Waals surface area contributed by atoms with Gasteiger partial charge in [0, 0.05) is 18.8 Å². The Morgan fingerprint density at radius 2 is 1.24 bits per heavy atom. The number of methoxy groups -OCH3 is 2. The molecule has 0 radical (unpaired) electrons. The number of aromatic amines is 1. The SMILES string of the molecule is COC(=O)NC(C(=O)N1CCCC1c1ncc(-c2ccc(-c3ccc(NC(=O)NC(=O)C4CCCN4C(=O)[C@@H](NC(=O)OC)C(C)C)cc3)cc2)[nH]1)C(C)C. The molecule has 5 N–H and O–H groups in total. The van der Waals surface area contributed by atoms with E-state index in [1.54, 1.807) is 37.1 Å². The quantitative estimate of drug-likeness (QED) is 0.182. The van der Waals surface area contributed by atoms with Gasteiger partial charge in [-0.05, 0) is 66.3 Å². The van der Waals surface area contributed by atoms with Crippen molar-refractivity contribution in [1.29, 1.82) is 0 Å². The molecule has 294 valence electrons. The number of amides is 7. The molecule has 4 atom stereocenters. The number of anilines is 1. The number of alkyl carbamates (subject to hydrolysis) is 2. The number of aromatic nitrogens is 2. The highest BCUT2D eigenvalue weighted by Gasteiger charge is 2.40. The Labute approximate surface area is 320 Å². The normalized spacial score (nSPS) is 17.7. The molecule has 16 heteroatoms. The second-order valence-electron chi connectivity index (χ2n) is 14.4. The summed E-state index contributed by atoms with van der Waals surface area (Å²) in [6, 6.07) is 11.6. The van der Waals surface area contributed by atoms with Crippen LogP contribution >= 0.6 is 0 Å². The number of urea groups is 1. The molecule has 3 aromatic rings. The standard InChI is InChI=1S/C39H50N8O8/c1-22(2)31(43-38(52)54-5)35(49)46-19-7-9-29(46)33-40-21-28(42-33)26-13-11-24(12-14-26)25-15-17-27(18-16-25)41-37(51)45-34(48)30-10-8-20-47(30)36(50)32(23(3)4)44-39(53)55-6/h11-18,21-23,29-32H,7-10,19-20H2,1-6H3,(H,40,42)(H,43,52)(H,44,53)(H2,41,45,48,51)/t29?,30?,31?,32-/m0/s1. The molecule has 0 bridgehead atoms. The first-order chi connectivity index (χ1) is 26.3. The summed E-state index contributed by atoms with van der Waals surface area (Å²) in [5, 5.41) is 10.2. The zero-order valence-corrected chi connectivity index (χ0v) is 32.0. The first-order valence-electron chi connectivity index (χ1n) is 18.5. The molecule has 0 aliphatic carbocycles. The number of carbonyl (C=O) groups is 6. The van der Waals surface area contributed by atoms with Gasteiger partial charge in [-0.3, -0.25) is 19.7 Å². The van der Waals surface area contributed by atoms with Crippen molar-refractivity contribution in [2.75, 3.05) is 32.6 Å². The van der Waals surface area contributed by atoms with Gasteiger partial charge in [0.1, 0.15) is 23.9 Å². The van der Waals surface area contributed by atoms with Crippen molar-refractivity contribution in [3.8, 4) is 22.4 Å². The highest BCUT2D eigenvalue weighted by atomic mass is 16.5. The predicted molar refractivity (Wildman–Crippen MR) is 203 cm³/mol. The number of H-pyrrole nitrogens is 1. The first kappa shape index (κ1) is 40.3. The fourth-order valence-corrected chi connectivity index (χ4v) is 6.97. The Kier molecular flexibility index (Phi) is 13.1. The minimum atomic E-state index is -0.878. The molecule has 2 aromatic carbocycles. The summed E-state index contributed by atoms with van der Waals surface area (Å²) >= 11 is 0. The smallest absolute Gasteiger partial charge is 0.407 e. The Bertz CT molecular complexity index is 1860. The van der Waals surface area contributed by atoms with Crippen molar-refractivity contribution in [1.82, 2.24) is 35.7 Å². The van der Waals surface area contributed by atoms with Gasteiger partial charge in [0.25, 0.3) is 5.91 Å². The van der Waals surface area contributed by atoms with Crippen molar-refractivity contribution in [3.63, 3.8) is 0 Å². The number of benzene rings is 2. The van der Waals surface area contributed by atoms with Crippen LogP contribution in [0.1, 0.15) is 65.2 Å². The molecule has 0 saturated carbocycles. The van der Waals surface area contributed by atoms with Crippen LogP contribution in [0.4, 0.5) is 20.1 Å². The molecule has 1 aromatic heterocycles. The second kappa shape index (κ2) is 17.9.